The molecule has 1 aromatic heterocycles. The van der Waals surface area contributed by atoms with Crippen LogP contribution in [0, 0.1) is 0 Å². The Morgan fingerprint density at radius 1 is 1.09 bits per heavy atom. The molecule has 1 aliphatic heterocycles. The standard InChI is InChI=1S/C26H26N4O4S/c1-29(35(32,33)21-9-7-17-6-8-20(34-2)14-19(17)15-21)24-12-13-30(26(24)31)16-18-4-3-5-23-22(18)10-11-25(27)28-23/h3-11,14-15,24H,12-13,16H2,1-2H3,(H2,27,28). The minimum absolute atomic E-state index is 0.143. The molecule has 1 amide bonds. The second-order valence-electron chi connectivity index (χ2n) is 8.68. The summed E-state index contributed by atoms with van der Waals surface area (Å²) in [6.07, 6.45) is 0.423. The summed E-state index contributed by atoms with van der Waals surface area (Å²) in [5.41, 5.74) is 7.51. The lowest BCUT2D eigenvalue weighted by molar-refractivity contribution is -0.131. The zero-order valence-corrected chi connectivity index (χ0v) is 20.3. The number of carbonyl (C=O) groups is 1. The van der Waals surface area contributed by atoms with Gasteiger partial charge in [0.15, 0.2) is 0 Å². The van der Waals surface area contributed by atoms with E-state index in [1.807, 2.05) is 36.4 Å². The monoisotopic (exact) mass is 490 g/mol. The van der Waals surface area contributed by atoms with Gasteiger partial charge in [-0.05, 0) is 65.2 Å². The zero-order chi connectivity index (χ0) is 24.7. The Kier molecular flexibility index (Phi) is 5.82. The number of aromatic nitrogens is 1. The summed E-state index contributed by atoms with van der Waals surface area (Å²) >= 11 is 0. The molecule has 0 bridgehead atoms. The molecule has 1 unspecified atom stereocenters. The lowest BCUT2D eigenvalue weighted by atomic mass is 10.1. The highest BCUT2D eigenvalue weighted by Crippen LogP contribution is 2.29. The Hall–Kier alpha value is -3.69. The molecule has 1 aliphatic rings. The smallest absolute Gasteiger partial charge is 0.243 e. The fourth-order valence-electron chi connectivity index (χ4n) is 4.62. The summed E-state index contributed by atoms with van der Waals surface area (Å²) in [4.78, 5) is 19.5. The minimum atomic E-state index is -3.88. The third-order valence-corrected chi connectivity index (χ3v) is 8.47. The first-order chi connectivity index (χ1) is 16.8. The highest BCUT2D eigenvalue weighted by atomic mass is 32.2. The maximum Gasteiger partial charge on any atom is 0.243 e. The number of fused-ring (bicyclic) bond motifs is 2. The van der Waals surface area contributed by atoms with Crippen molar-refractivity contribution >= 4 is 43.4 Å². The van der Waals surface area contributed by atoms with Crippen molar-refractivity contribution < 1.29 is 17.9 Å². The van der Waals surface area contributed by atoms with Crippen LogP contribution in [-0.4, -0.2) is 55.3 Å². The van der Waals surface area contributed by atoms with E-state index in [2.05, 4.69) is 4.98 Å². The molecule has 2 N–H and O–H groups in total. The number of methoxy groups -OCH3 is 1. The lowest BCUT2D eigenvalue weighted by Crippen LogP contribution is -2.42. The van der Waals surface area contributed by atoms with Crippen LogP contribution in [0.4, 0.5) is 5.82 Å². The number of hydrogen-bond acceptors (Lipinski definition) is 6. The molecule has 0 radical (unpaired) electrons. The van der Waals surface area contributed by atoms with Crippen LogP contribution in [0.15, 0.2) is 71.6 Å². The van der Waals surface area contributed by atoms with Crippen LogP contribution in [0.3, 0.4) is 0 Å². The van der Waals surface area contributed by atoms with E-state index in [1.54, 1.807) is 42.3 Å². The highest BCUT2D eigenvalue weighted by Gasteiger charge is 2.39. The van der Waals surface area contributed by atoms with Crippen LogP contribution in [0.1, 0.15) is 12.0 Å². The number of carbonyl (C=O) groups excluding carboxylic acids is 1. The fourth-order valence-corrected chi connectivity index (χ4v) is 6.00. The number of likely N-dealkylation sites (tertiary alicyclic amines) is 1. The summed E-state index contributed by atoms with van der Waals surface area (Å²) in [5, 5.41) is 2.58. The van der Waals surface area contributed by atoms with Crippen LogP contribution in [0.2, 0.25) is 0 Å². The molecule has 9 heteroatoms. The molecule has 5 rings (SSSR count). The summed E-state index contributed by atoms with van der Waals surface area (Å²) in [6, 6.07) is 19.0. The van der Waals surface area contributed by atoms with Gasteiger partial charge >= 0.3 is 0 Å². The first-order valence-corrected chi connectivity index (χ1v) is 12.7. The van der Waals surface area contributed by atoms with Crippen molar-refractivity contribution in [3.63, 3.8) is 0 Å². The molecule has 8 nitrogen and oxygen atoms in total. The van der Waals surface area contributed by atoms with Gasteiger partial charge in [-0.25, -0.2) is 13.4 Å². The number of amides is 1. The van der Waals surface area contributed by atoms with Gasteiger partial charge in [-0.3, -0.25) is 4.79 Å². The van der Waals surface area contributed by atoms with E-state index in [9.17, 15) is 13.2 Å². The van der Waals surface area contributed by atoms with E-state index >= 15 is 0 Å². The zero-order valence-electron chi connectivity index (χ0n) is 19.5. The molecule has 1 saturated heterocycles. The van der Waals surface area contributed by atoms with Crippen molar-refractivity contribution in [2.24, 2.45) is 0 Å². The van der Waals surface area contributed by atoms with Gasteiger partial charge in [0.2, 0.25) is 15.9 Å². The minimum Gasteiger partial charge on any atom is -0.497 e. The number of rotatable bonds is 6. The Morgan fingerprint density at radius 2 is 1.89 bits per heavy atom. The average Bonchev–Trinajstić information content (AvgIpc) is 3.22. The number of benzene rings is 3. The molecular weight excluding hydrogens is 464 g/mol. The van der Waals surface area contributed by atoms with Crippen LogP contribution in [-0.2, 0) is 21.4 Å². The Balaban J connectivity index is 1.38. The molecule has 2 heterocycles. The fraction of sp³-hybridized carbons (Fsp3) is 0.231. The quantitative estimate of drug-likeness (QED) is 0.444. The van der Waals surface area contributed by atoms with Crippen molar-refractivity contribution in [1.29, 1.82) is 0 Å². The first-order valence-electron chi connectivity index (χ1n) is 11.3. The number of pyridine rings is 1. The second kappa shape index (κ2) is 8.83. The van der Waals surface area contributed by atoms with E-state index < -0.39 is 16.1 Å². The molecule has 35 heavy (non-hydrogen) atoms. The third kappa shape index (κ3) is 4.17. The maximum atomic E-state index is 13.4. The second-order valence-corrected chi connectivity index (χ2v) is 10.7. The summed E-state index contributed by atoms with van der Waals surface area (Å²) < 4.78 is 33.3. The summed E-state index contributed by atoms with van der Waals surface area (Å²) in [7, 11) is -0.840. The van der Waals surface area contributed by atoms with Gasteiger partial charge in [0.05, 0.1) is 17.5 Å². The van der Waals surface area contributed by atoms with E-state index in [-0.39, 0.29) is 10.8 Å². The predicted molar refractivity (Wildman–Crippen MR) is 135 cm³/mol. The highest BCUT2D eigenvalue weighted by molar-refractivity contribution is 7.89. The van der Waals surface area contributed by atoms with Gasteiger partial charge in [0.1, 0.15) is 17.6 Å². The first kappa shape index (κ1) is 23.1. The van der Waals surface area contributed by atoms with E-state index in [1.165, 1.54) is 11.4 Å². The van der Waals surface area contributed by atoms with E-state index in [0.29, 0.717) is 31.1 Å². The van der Waals surface area contributed by atoms with Crippen LogP contribution < -0.4 is 10.5 Å². The molecule has 4 aromatic rings. The largest absolute Gasteiger partial charge is 0.497 e. The van der Waals surface area contributed by atoms with Gasteiger partial charge in [0.25, 0.3) is 0 Å². The number of sulfonamides is 1. The Labute approximate surface area is 204 Å². The SMILES string of the molecule is COc1ccc2ccc(S(=O)(=O)N(C)C3CCN(Cc4cccc5nc(N)ccc45)C3=O)cc2c1. The van der Waals surface area contributed by atoms with Crippen LogP contribution >= 0.6 is 0 Å². The van der Waals surface area contributed by atoms with Crippen molar-refractivity contribution in [2.75, 3.05) is 26.4 Å². The predicted octanol–water partition coefficient (Wildman–Crippen LogP) is 3.40. The van der Waals surface area contributed by atoms with Gasteiger partial charge in [-0.2, -0.15) is 4.31 Å². The molecule has 3 aromatic carbocycles. The molecule has 0 saturated carbocycles. The van der Waals surface area contributed by atoms with Gasteiger partial charge < -0.3 is 15.4 Å². The lowest BCUT2D eigenvalue weighted by Gasteiger charge is -2.24. The molecule has 0 spiro atoms. The maximum absolute atomic E-state index is 13.4. The van der Waals surface area contributed by atoms with Crippen molar-refractivity contribution in [1.82, 2.24) is 14.2 Å². The summed E-state index contributed by atoms with van der Waals surface area (Å²) in [6.45, 7) is 0.846. The number of nitrogens with zero attached hydrogens (tertiary/aromatic N) is 3. The molecule has 0 aliphatic carbocycles. The van der Waals surface area contributed by atoms with Gasteiger partial charge in [0, 0.05) is 25.5 Å². The van der Waals surface area contributed by atoms with Crippen LogP contribution in [0.5, 0.6) is 5.75 Å². The summed E-state index contributed by atoms with van der Waals surface area (Å²) in [5.74, 6) is 0.873. The number of anilines is 1. The molecule has 180 valence electrons. The average molecular weight is 491 g/mol. The molecule has 1 fully saturated rings. The number of nitrogens with two attached hydrogens (primary N) is 1. The third-order valence-electron chi connectivity index (χ3n) is 6.61. The van der Waals surface area contributed by atoms with Crippen molar-refractivity contribution in [2.45, 2.75) is 23.9 Å². The van der Waals surface area contributed by atoms with Gasteiger partial charge in [-0.1, -0.05) is 24.3 Å². The Bertz CT molecular complexity index is 1550. The van der Waals surface area contributed by atoms with E-state index in [0.717, 1.165) is 27.2 Å². The van der Waals surface area contributed by atoms with Crippen molar-refractivity contribution in [3.05, 3.63) is 72.3 Å². The van der Waals surface area contributed by atoms with E-state index in [4.69, 9.17) is 10.5 Å². The normalized spacial score (nSPS) is 16.5. The topological polar surface area (TPSA) is 106 Å². The Morgan fingerprint density at radius 3 is 2.69 bits per heavy atom. The van der Waals surface area contributed by atoms with Crippen molar-refractivity contribution in [3.8, 4) is 5.75 Å². The van der Waals surface area contributed by atoms with Crippen LogP contribution in [0.25, 0.3) is 21.7 Å². The number of nitrogen functional groups attached to an aromatic ring is 1. The molecular formula is C26H26N4O4S. The number of likely N-dealkylation sites (N-methyl/N-ethyl adjacent to an activating group) is 1. The van der Waals surface area contributed by atoms with Gasteiger partial charge in [-0.15, -0.1) is 0 Å². The number of hydrogen-bond donors (Lipinski definition) is 1. The number of ether oxygens (including phenoxy) is 1. The molecule has 1 atom stereocenters.